The lowest BCUT2D eigenvalue weighted by Crippen LogP contribution is -2.08. The van der Waals surface area contributed by atoms with E-state index in [2.05, 4.69) is 38.1 Å². The summed E-state index contributed by atoms with van der Waals surface area (Å²) in [6.07, 6.45) is 2.29. The molecule has 0 fully saturated rings. The predicted molar refractivity (Wildman–Crippen MR) is 76.0 cm³/mol. The Morgan fingerprint density at radius 1 is 1.47 bits per heavy atom. The summed E-state index contributed by atoms with van der Waals surface area (Å²) < 4.78 is 1.23. The lowest BCUT2D eigenvalue weighted by atomic mass is 9.96. The second-order valence-electron chi connectivity index (χ2n) is 4.57. The van der Waals surface area contributed by atoms with Gasteiger partial charge in [-0.25, -0.2) is 0 Å². The van der Waals surface area contributed by atoms with Crippen molar-refractivity contribution in [2.75, 3.05) is 0 Å². The molecule has 17 heavy (non-hydrogen) atoms. The Morgan fingerprint density at radius 3 is 2.88 bits per heavy atom. The largest absolute Gasteiger partial charge is 0.383 e. The number of nitrogens with one attached hydrogen (secondary N) is 1. The SMILES string of the molecule is CC[C@@H](C)Cc1cccc2sc(C(=N)N)cc12. The Morgan fingerprint density at radius 2 is 2.24 bits per heavy atom. The first kappa shape index (κ1) is 12.1. The second-order valence-corrected chi connectivity index (χ2v) is 5.65. The molecule has 0 aliphatic carbocycles. The maximum absolute atomic E-state index is 7.50. The summed E-state index contributed by atoms with van der Waals surface area (Å²) >= 11 is 1.60. The Balaban J connectivity index is 2.45. The van der Waals surface area contributed by atoms with Crippen molar-refractivity contribution >= 4 is 27.3 Å². The van der Waals surface area contributed by atoms with Crippen LogP contribution in [0.3, 0.4) is 0 Å². The molecule has 0 saturated heterocycles. The molecule has 2 rings (SSSR count). The van der Waals surface area contributed by atoms with Gasteiger partial charge in [-0.15, -0.1) is 11.3 Å². The van der Waals surface area contributed by atoms with Crippen molar-refractivity contribution < 1.29 is 0 Å². The Kier molecular flexibility index (Phi) is 3.48. The van der Waals surface area contributed by atoms with Crippen LogP contribution in [0.1, 0.15) is 30.7 Å². The van der Waals surface area contributed by atoms with E-state index in [1.807, 2.05) is 0 Å². The molecule has 0 amide bonds. The van der Waals surface area contributed by atoms with Gasteiger partial charge in [0.05, 0.1) is 4.88 Å². The van der Waals surface area contributed by atoms with Crippen molar-refractivity contribution in [3.05, 3.63) is 34.7 Å². The Hall–Kier alpha value is -1.35. The number of nitrogen functional groups attached to an aromatic ring is 1. The van der Waals surface area contributed by atoms with Gasteiger partial charge in [0.15, 0.2) is 0 Å². The molecule has 1 aromatic carbocycles. The first-order valence-electron chi connectivity index (χ1n) is 5.97. The highest BCUT2D eigenvalue weighted by atomic mass is 32.1. The molecule has 3 N–H and O–H groups in total. The van der Waals surface area contributed by atoms with Gasteiger partial charge in [-0.2, -0.15) is 0 Å². The maximum Gasteiger partial charge on any atom is 0.133 e. The Labute approximate surface area is 106 Å². The number of nitrogens with two attached hydrogens (primary N) is 1. The monoisotopic (exact) mass is 246 g/mol. The van der Waals surface area contributed by atoms with Crippen LogP contribution < -0.4 is 5.73 Å². The predicted octanol–water partition coefficient (Wildman–Crippen LogP) is 3.77. The van der Waals surface area contributed by atoms with Gasteiger partial charge in [-0.3, -0.25) is 5.41 Å². The topological polar surface area (TPSA) is 49.9 Å². The summed E-state index contributed by atoms with van der Waals surface area (Å²) in [6, 6.07) is 8.44. The number of rotatable bonds is 4. The zero-order valence-electron chi connectivity index (χ0n) is 10.3. The van der Waals surface area contributed by atoms with E-state index < -0.39 is 0 Å². The minimum Gasteiger partial charge on any atom is -0.383 e. The zero-order valence-corrected chi connectivity index (χ0v) is 11.1. The third-order valence-electron chi connectivity index (χ3n) is 3.18. The zero-order chi connectivity index (χ0) is 12.4. The van der Waals surface area contributed by atoms with Gasteiger partial charge >= 0.3 is 0 Å². The molecule has 90 valence electrons. The average molecular weight is 246 g/mol. The first-order chi connectivity index (χ1) is 8.11. The van der Waals surface area contributed by atoms with Crippen LogP contribution in [-0.2, 0) is 6.42 Å². The smallest absolute Gasteiger partial charge is 0.133 e. The summed E-state index contributed by atoms with van der Waals surface area (Å²) in [7, 11) is 0. The molecule has 2 aromatic rings. The minimum atomic E-state index is 0.167. The molecule has 0 saturated carbocycles. The molecule has 2 nitrogen and oxygen atoms in total. The summed E-state index contributed by atoms with van der Waals surface area (Å²) in [5.41, 5.74) is 6.92. The second kappa shape index (κ2) is 4.88. The third-order valence-corrected chi connectivity index (χ3v) is 4.32. The Bertz CT molecular complexity index is 542. The highest BCUT2D eigenvalue weighted by Crippen LogP contribution is 2.29. The van der Waals surface area contributed by atoms with E-state index in [0.717, 1.165) is 11.3 Å². The van der Waals surface area contributed by atoms with Gasteiger partial charge < -0.3 is 5.73 Å². The maximum atomic E-state index is 7.50. The van der Waals surface area contributed by atoms with E-state index in [0.29, 0.717) is 5.92 Å². The number of benzene rings is 1. The molecule has 0 aliphatic heterocycles. The molecule has 1 atom stereocenters. The van der Waals surface area contributed by atoms with Crippen LogP contribution in [0.5, 0.6) is 0 Å². The van der Waals surface area contributed by atoms with Gasteiger partial charge in [0.1, 0.15) is 5.84 Å². The van der Waals surface area contributed by atoms with Crippen molar-refractivity contribution in [1.29, 1.82) is 5.41 Å². The molecule has 1 aromatic heterocycles. The summed E-state index contributed by atoms with van der Waals surface area (Å²) in [5, 5.41) is 8.77. The summed E-state index contributed by atoms with van der Waals surface area (Å²) in [4.78, 5) is 0.872. The van der Waals surface area contributed by atoms with Crippen molar-refractivity contribution in [1.82, 2.24) is 0 Å². The average Bonchev–Trinajstić information content (AvgIpc) is 2.74. The fraction of sp³-hybridized carbons (Fsp3) is 0.357. The lowest BCUT2D eigenvalue weighted by Gasteiger charge is -2.09. The molecule has 0 bridgehead atoms. The van der Waals surface area contributed by atoms with Crippen LogP contribution in [-0.4, -0.2) is 5.84 Å². The van der Waals surface area contributed by atoms with E-state index in [9.17, 15) is 0 Å². The van der Waals surface area contributed by atoms with Gasteiger partial charge in [0.25, 0.3) is 0 Å². The number of thiophene rings is 1. The van der Waals surface area contributed by atoms with Crippen LogP contribution in [0.2, 0.25) is 0 Å². The molecule has 1 heterocycles. The quantitative estimate of drug-likeness (QED) is 0.626. The minimum absolute atomic E-state index is 0.167. The summed E-state index contributed by atoms with van der Waals surface area (Å²) in [6.45, 7) is 4.50. The molecular weight excluding hydrogens is 228 g/mol. The van der Waals surface area contributed by atoms with Crippen molar-refractivity contribution in [3.63, 3.8) is 0 Å². The molecule has 0 unspecified atom stereocenters. The molecule has 0 aliphatic rings. The van der Waals surface area contributed by atoms with Gasteiger partial charge in [0, 0.05) is 4.70 Å². The molecular formula is C14H18N2S. The van der Waals surface area contributed by atoms with E-state index in [4.69, 9.17) is 11.1 Å². The van der Waals surface area contributed by atoms with Gasteiger partial charge in [0.2, 0.25) is 0 Å². The van der Waals surface area contributed by atoms with Crippen LogP contribution in [0, 0.1) is 11.3 Å². The number of amidine groups is 1. The van der Waals surface area contributed by atoms with Crippen LogP contribution in [0.4, 0.5) is 0 Å². The van der Waals surface area contributed by atoms with Crippen LogP contribution in [0.25, 0.3) is 10.1 Å². The van der Waals surface area contributed by atoms with Crippen molar-refractivity contribution in [2.24, 2.45) is 11.7 Å². The van der Waals surface area contributed by atoms with E-state index >= 15 is 0 Å². The third kappa shape index (κ3) is 2.50. The van der Waals surface area contributed by atoms with Gasteiger partial charge in [-0.05, 0) is 35.4 Å². The highest BCUT2D eigenvalue weighted by Gasteiger charge is 2.09. The number of hydrogen-bond acceptors (Lipinski definition) is 2. The standard InChI is InChI=1S/C14H18N2S/c1-3-9(2)7-10-5-4-6-12-11(10)8-13(17-12)14(15)16/h4-6,8-9H,3,7H2,1-2H3,(H3,15,16)/t9-/m1/s1. The number of hydrogen-bond donors (Lipinski definition) is 2. The van der Waals surface area contributed by atoms with E-state index in [1.165, 1.54) is 22.1 Å². The lowest BCUT2D eigenvalue weighted by molar-refractivity contribution is 0.562. The molecule has 0 spiro atoms. The fourth-order valence-electron chi connectivity index (χ4n) is 1.95. The van der Waals surface area contributed by atoms with E-state index in [-0.39, 0.29) is 5.84 Å². The van der Waals surface area contributed by atoms with Crippen LogP contribution >= 0.6 is 11.3 Å². The fourth-order valence-corrected chi connectivity index (χ4v) is 2.92. The van der Waals surface area contributed by atoms with Crippen molar-refractivity contribution in [2.45, 2.75) is 26.7 Å². The molecule has 3 heteroatoms. The number of fused-ring (bicyclic) bond motifs is 1. The molecule has 0 radical (unpaired) electrons. The van der Waals surface area contributed by atoms with Crippen LogP contribution in [0.15, 0.2) is 24.3 Å². The summed E-state index contributed by atoms with van der Waals surface area (Å²) in [5.74, 6) is 0.863. The highest BCUT2D eigenvalue weighted by molar-refractivity contribution is 7.20. The van der Waals surface area contributed by atoms with Crippen molar-refractivity contribution in [3.8, 4) is 0 Å². The van der Waals surface area contributed by atoms with E-state index in [1.54, 1.807) is 11.3 Å². The van der Waals surface area contributed by atoms with Gasteiger partial charge in [-0.1, -0.05) is 32.4 Å². The normalized spacial score (nSPS) is 12.8. The first-order valence-corrected chi connectivity index (χ1v) is 6.79.